The fraction of sp³-hybridized carbons (Fsp3) is 0.500. The van der Waals surface area contributed by atoms with Crippen molar-refractivity contribution in [3.05, 3.63) is 24.3 Å². The Morgan fingerprint density at radius 2 is 2.00 bits per heavy atom. The van der Waals surface area contributed by atoms with E-state index >= 15 is 0 Å². The van der Waals surface area contributed by atoms with Crippen molar-refractivity contribution in [2.75, 3.05) is 11.1 Å². The first kappa shape index (κ1) is 12.0. The average Bonchev–Trinajstić information content (AvgIpc) is 2.30. The lowest BCUT2D eigenvalue weighted by Crippen LogP contribution is -2.35. The highest BCUT2D eigenvalue weighted by Gasteiger charge is 2.34. The lowest BCUT2D eigenvalue weighted by atomic mass is 9.75. The molecule has 0 radical (unpaired) electrons. The van der Waals surface area contributed by atoms with E-state index in [0.717, 1.165) is 31.4 Å². The zero-order chi connectivity index (χ0) is 12.3. The number of benzene rings is 1. The summed E-state index contributed by atoms with van der Waals surface area (Å²) >= 11 is 0. The smallest absolute Gasteiger partial charge is 0.230 e. The second-order valence-electron chi connectivity index (χ2n) is 5.20. The molecule has 1 fully saturated rings. The normalized spacial score (nSPS) is 18.6. The van der Waals surface area contributed by atoms with Crippen LogP contribution in [0.3, 0.4) is 0 Å². The molecule has 1 aromatic carbocycles. The van der Waals surface area contributed by atoms with Crippen LogP contribution in [-0.2, 0) is 4.79 Å². The second-order valence-corrected chi connectivity index (χ2v) is 5.20. The predicted octanol–water partition coefficient (Wildman–Crippen LogP) is 3.18. The molecule has 92 valence electrons. The van der Waals surface area contributed by atoms with Gasteiger partial charge in [-0.1, -0.05) is 32.3 Å². The highest BCUT2D eigenvalue weighted by atomic mass is 16.2. The molecule has 1 aliphatic rings. The molecule has 17 heavy (non-hydrogen) atoms. The van der Waals surface area contributed by atoms with Gasteiger partial charge < -0.3 is 11.1 Å². The van der Waals surface area contributed by atoms with Crippen LogP contribution in [0.15, 0.2) is 24.3 Å². The Labute approximate surface area is 102 Å². The van der Waals surface area contributed by atoms with E-state index in [1.165, 1.54) is 6.42 Å². The molecule has 1 saturated carbocycles. The Morgan fingerprint density at radius 1 is 1.29 bits per heavy atom. The minimum atomic E-state index is -0.206. The Bertz CT molecular complexity index is 408. The minimum absolute atomic E-state index is 0.128. The molecule has 3 nitrogen and oxygen atoms in total. The van der Waals surface area contributed by atoms with Crippen molar-refractivity contribution in [1.82, 2.24) is 0 Å². The fourth-order valence-electron chi connectivity index (χ4n) is 2.46. The summed E-state index contributed by atoms with van der Waals surface area (Å²) < 4.78 is 0. The van der Waals surface area contributed by atoms with Crippen LogP contribution in [0.1, 0.15) is 39.0 Å². The first-order valence-electron chi connectivity index (χ1n) is 6.27. The van der Waals surface area contributed by atoms with Crippen molar-refractivity contribution in [3.63, 3.8) is 0 Å². The number of hydrogen-bond donors (Lipinski definition) is 2. The zero-order valence-electron chi connectivity index (χ0n) is 10.3. The monoisotopic (exact) mass is 232 g/mol. The lowest BCUT2D eigenvalue weighted by Gasteiger charge is -2.32. The van der Waals surface area contributed by atoms with Crippen molar-refractivity contribution in [1.29, 1.82) is 0 Å². The molecule has 0 aromatic heterocycles. The molecular formula is C14H20N2O. The number of amides is 1. The van der Waals surface area contributed by atoms with E-state index in [4.69, 9.17) is 5.73 Å². The van der Waals surface area contributed by atoms with Crippen molar-refractivity contribution in [3.8, 4) is 0 Å². The number of nitrogens with one attached hydrogen (secondary N) is 1. The van der Waals surface area contributed by atoms with Gasteiger partial charge in [-0.25, -0.2) is 0 Å². The van der Waals surface area contributed by atoms with Gasteiger partial charge in [0.05, 0.1) is 0 Å². The van der Waals surface area contributed by atoms with E-state index in [2.05, 4.69) is 12.2 Å². The maximum absolute atomic E-state index is 12.2. The number of nitrogen functional groups attached to an aromatic ring is 1. The van der Waals surface area contributed by atoms with E-state index in [9.17, 15) is 4.79 Å². The summed E-state index contributed by atoms with van der Waals surface area (Å²) in [7, 11) is 0. The van der Waals surface area contributed by atoms with E-state index < -0.39 is 0 Å². The molecule has 0 unspecified atom stereocenters. The number of carbonyl (C=O) groups is 1. The van der Waals surface area contributed by atoms with Gasteiger partial charge >= 0.3 is 0 Å². The molecule has 2 rings (SSSR count). The Hall–Kier alpha value is -1.51. The van der Waals surface area contributed by atoms with Gasteiger partial charge in [0.1, 0.15) is 0 Å². The topological polar surface area (TPSA) is 55.1 Å². The number of carbonyl (C=O) groups excluding carboxylic acids is 1. The van der Waals surface area contributed by atoms with Crippen molar-refractivity contribution in [2.24, 2.45) is 5.41 Å². The fourth-order valence-corrected chi connectivity index (χ4v) is 2.46. The maximum Gasteiger partial charge on any atom is 0.230 e. The highest BCUT2D eigenvalue weighted by Crippen LogP contribution is 2.36. The Morgan fingerprint density at radius 3 is 2.65 bits per heavy atom. The molecule has 1 amide bonds. The van der Waals surface area contributed by atoms with Gasteiger partial charge in [0.15, 0.2) is 0 Å². The van der Waals surface area contributed by atoms with Crippen LogP contribution in [0.5, 0.6) is 0 Å². The molecule has 0 atom stereocenters. The molecule has 0 spiro atoms. The van der Waals surface area contributed by atoms with Crippen molar-refractivity contribution >= 4 is 17.3 Å². The summed E-state index contributed by atoms with van der Waals surface area (Å²) in [4.78, 5) is 12.2. The van der Waals surface area contributed by atoms with E-state index in [0.29, 0.717) is 5.69 Å². The van der Waals surface area contributed by atoms with Crippen LogP contribution in [0.4, 0.5) is 11.4 Å². The summed E-state index contributed by atoms with van der Waals surface area (Å²) in [5.74, 6) is 0.128. The molecule has 3 N–H and O–H groups in total. The summed E-state index contributed by atoms with van der Waals surface area (Å²) in [6.45, 7) is 2.06. The Balaban J connectivity index is 2.05. The lowest BCUT2D eigenvalue weighted by molar-refractivity contribution is -0.126. The van der Waals surface area contributed by atoms with Crippen LogP contribution in [-0.4, -0.2) is 5.91 Å². The van der Waals surface area contributed by atoms with E-state index in [-0.39, 0.29) is 11.3 Å². The second kappa shape index (κ2) is 4.78. The maximum atomic E-state index is 12.2. The van der Waals surface area contributed by atoms with Gasteiger partial charge in [0.2, 0.25) is 5.91 Å². The quantitative estimate of drug-likeness (QED) is 0.769. The third kappa shape index (κ3) is 2.78. The number of rotatable bonds is 2. The molecule has 0 bridgehead atoms. The third-order valence-corrected chi connectivity index (χ3v) is 3.65. The van der Waals surface area contributed by atoms with Crippen molar-refractivity contribution < 1.29 is 4.79 Å². The van der Waals surface area contributed by atoms with Gasteiger partial charge in [0.25, 0.3) is 0 Å². The van der Waals surface area contributed by atoms with Gasteiger partial charge in [-0.15, -0.1) is 0 Å². The molecule has 0 aliphatic heterocycles. The summed E-state index contributed by atoms with van der Waals surface area (Å²) in [5.41, 5.74) is 6.96. The van der Waals surface area contributed by atoms with Crippen LogP contribution in [0.25, 0.3) is 0 Å². The summed E-state index contributed by atoms with van der Waals surface area (Å²) in [6, 6.07) is 7.34. The SMILES string of the molecule is CC1(C(=O)Nc2cccc(N)c2)CCCCC1. The highest BCUT2D eigenvalue weighted by molar-refractivity contribution is 5.95. The van der Waals surface area contributed by atoms with Gasteiger partial charge in [-0.2, -0.15) is 0 Å². The number of anilines is 2. The van der Waals surface area contributed by atoms with Gasteiger partial charge in [-0.05, 0) is 31.0 Å². The van der Waals surface area contributed by atoms with Gasteiger partial charge in [0, 0.05) is 16.8 Å². The third-order valence-electron chi connectivity index (χ3n) is 3.65. The van der Waals surface area contributed by atoms with Gasteiger partial charge in [-0.3, -0.25) is 4.79 Å². The largest absolute Gasteiger partial charge is 0.399 e. The van der Waals surface area contributed by atoms with Crippen LogP contribution in [0.2, 0.25) is 0 Å². The van der Waals surface area contributed by atoms with E-state index in [1.807, 2.05) is 18.2 Å². The van der Waals surface area contributed by atoms with E-state index in [1.54, 1.807) is 6.07 Å². The molecule has 0 saturated heterocycles. The summed E-state index contributed by atoms with van der Waals surface area (Å²) in [5, 5.41) is 2.97. The molecule has 1 aromatic rings. The predicted molar refractivity (Wildman–Crippen MR) is 70.7 cm³/mol. The average molecular weight is 232 g/mol. The summed E-state index contributed by atoms with van der Waals surface area (Å²) in [6.07, 6.45) is 5.53. The van der Waals surface area contributed by atoms with Crippen LogP contribution >= 0.6 is 0 Å². The van der Waals surface area contributed by atoms with Crippen molar-refractivity contribution in [2.45, 2.75) is 39.0 Å². The molecule has 1 aliphatic carbocycles. The Kier molecular flexibility index (Phi) is 3.36. The van der Waals surface area contributed by atoms with Crippen LogP contribution < -0.4 is 11.1 Å². The standard InChI is InChI=1S/C14H20N2O/c1-14(8-3-2-4-9-14)13(17)16-12-7-5-6-11(15)10-12/h5-7,10H,2-4,8-9,15H2,1H3,(H,16,17). The molecule has 3 heteroatoms. The first-order valence-corrected chi connectivity index (χ1v) is 6.27. The minimum Gasteiger partial charge on any atom is -0.399 e. The number of nitrogens with two attached hydrogens (primary N) is 1. The molecular weight excluding hydrogens is 212 g/mol. The number of hydrogen-bond acceptors (Lipinski definition) is 2. The first-order chi connectivity index (χ1) is 8.10. The molecule has 0 heterocycles. The zero-order valence-corrected chi connectivity index (χ0v) is 10.3. The van der Waals surface area contributed by atoms with Crippen LogP contribution in [0, 0.1) is 5.41 Å².